The Morgan fingerprint density at radius 3 is 2.54 bits per heavy atom. The monoisotopic (exact) mass is 398 g/mol. The van der Waals surface area contributed by atoms with Crippen molar-refractivity contribution in [1.82, 2.24) is 0 Å². The van der Waals surface area contributed by atoms with Crippen molar-refractivity contribution in [3.05, 3.63) is 54.6 Å². The first-order chi connectivity index (χ1) is 13.4. The molecular formula is C22H26N2O3S. The van der Waals surface area contributed by atoms with Gasteiger partial charge in [-0.05, 0) is 67.3 Å². The number of benzene rings is 2. The van der Waals surface area contributed by atoms with E-state index in [4.69, 9.17) is 0 Å². The molecule has 2 bridgehead atoms. The fourth-order valence-electron chi connectivity index (χ4n) is 4.75. The minimum absolute atomic E-state index is 0.0245. The molecule has 0 saturated heterocycles. The third-order valence-corrected chi connectivity index (χ3v) is 8.01. The molecule has 2 aromatic carbocycles. The highest BCUT2D eigenvalue weighted by atomic mass is 32.2. The molecule has 0 aliphatic heterocycles. The molecule has 5 nitrogen and oxygen atoms in total. The van der Waals surface area contributed by atoms with Crippen LogP contribution in [-0.2, 0) is 14.8 Å². The van der Waals surface area contributed by atoms with Gasteiger partial charge in [0, 0.05) is 19.2 Å². The SMILES string of the molecule is CN(c1ccccc1)S(=O)(=O)c1cccc(NC(=O)CC2CC3CCC2C3)c1. The van der Waals surface area contributed by atoms with Gasteiger partial charge in [0.25, 0.3) is 10.0 Å². The van der Waals surface area contributed by atoms with Crippen molar-refractivity contribution < 1.29 is 13.2 Å². The van der Waals surface area contributed by atoms with Crippen LogP contribution >= 0.6 is 0 Å². The van der Waals surface area contributed by atoms with Crippen LogP contribution < -0.4 is 9.62 Å². The Labute approximate surface area is 166 Å². The van der Waals surface area contributed by atoms with Gasteiger partial charge in [-0.25, -0.2) is 8.42 Å². The summed E-state index contributed by atoms with van der Waals surface area (Å²) in [5, 5.41) is 2.90. The topological polar surface area (TPSA) is 66.5 Å². The fraction of sp³-hybridized carbons (Fsp3) is 0.409. The number of carbonyl (C=O) groups is 1. The van der Waals surface area contributed by atoms with E-state index < -0.39 is 10.0 Å². The van der Waals surface area contributed by atoms with E-state index in [0.717, 1.165) is 12.3 Å². The number of sulfonamides is 1. The van der Waals surface area contributed by atoms with E-state index in [1.165, 1.54) is 36.7 Å². The second-order valence-electron chi connectivity index (χ2n) is 8.02. The smallest absolute Gasteiger partial charge is 0.264 e. The zero-order valence-corrected chi connectivity index (χ0v) is 16.9. The van der Waals surface area contributed by atoms with Crippen molar-refractivity contribution >= 4 is 27.3 Å². The molecule has 0 spiro atoms. The predicted molar refractivity (Wildman–Crippen MR) is 111 cm³/mol. The average Bonchev–Trinajstić information content (AvgIpc) is 3.31. The summed E-state index contributed by atoms with van der Waals surface area (Å²) in [4.78, 5) is 12.7. The molecule has 1 amide bonds. The van der Waals surface area contributed by atoms with Gasteiger partial charge in [-0.3, -0.25) is 9.10 Å². The van der Waals surface area contributed by atoms with E-state index in [0.29, 0.717) is 29.6 Å². The van der Waals surface area contributed by atoms with Gasteiger partial charge in [0.1, 0.15) is 0 Å². The van der Waals surface area contributed by atoms with E-state index >= 15 is 0 Å². The number of rotatable bonds is 6. The Kier molecular flexibility index (Phi) is 5.15. The molecule has 1 N–H and O–H groups in total. The van der Waals surface area contributed by atoms with Crippen LogP contribution in [0.3, 0.4) is 0 Å². The van der Waals surface area contributed by atoms with E-state index in [1.54, 1.807) is 42.5 Å². The first-order valence-corrected chi connectivity index (χ1v) is 11.3. The van der Waals surface area contributed by atoms with E-state index in [9.17, 15) is 13.2 Å². The van der Waals surface area contributed by atoms with E-state index in [2.05, 4.69) is 5.32 Å². The van der Waals surface area contributed by atoms with Crippen LogP contribution in [0.4, 0.5) is 11.4 Å². The number of hydrogen-bond donors (Lipinski definition) is 1. The van der Waals surface area contributed by atoms with Crippen LogP contribution in [0.25, 0.3) is 0 Å². The number of para-hydroxylation sites is 1. The molecule has 3 atom stereocenters. The van der Waals surface area contributed by atoms with E-state index in [-0.39, 0.29) is 10.8 Å². The standard InChI is InChI=1S/C22H26N2O3S/c1-24(20-7-3-2-4-8-20)28(26,27)21-9-5-6-19(15-21)23-22(25)14-18-13-16-10-11-17(18)12-16/h2-9,15-18H,10-14H2,1H3,(H,23,25). The van der Waals surface area contributed by atoms with Gasteiger partial charge in [0.15, 0.2) is 0 Å². The van der Waals surface area contributed by atoms with Crippen LogP contribution in [0.1, 0.15) is 32.1 Å². The molecule has 4 rings (SSSR count). The number of nitrogens with zero attached hydrogens (tertiary/aromatic N) is 1. The molecule has 3 unspecified atom stereocenters. The summed E-state index contributed by atoms with van der Waals surface area (Å²) in [6.07, 6.45) is 5.54. The molecule has 2 saturated carbocycles. The maximum absolute atomic E-state index is 12.9. The molecule has 2 aliphatic rings. The van der Waals surface area contributed by atoms with Crippen molar-refractivity contribution in [3.8, 4) is 0 Å². The van der Waals surface area contributed by atoms with Crippen LogP contribution in [0.2, 0.25) is 0 Å². The van der Waals surface area contributed by atoms with E-state index in [1.807, 2.05) is 6.07 Å². The lowest BCUT2D eigenvalue weighted by Gasteiger charge is -2.21. The van der Waals surface area contributed by atoms with Gasteiger partial charge >= 0.3 is 0 Å². The normalized spacial score (nSPS) is 23.5. The average molecular weight is 399 g/mol. The van der Waals surface area contributed by atoms with Gasteiger partial charge in [-0.1, -0.05) is 30.7 Å². The van der Waals surface area contributed by atoms with Crippen LogP contribution in [0, 0.1) is 17.8 Å². The predicted octanol–water partition coefficient (Wildman–Crippen LogP) is 4.28. The van der Waals surface area contributed by atoms with Gasteiger partial charge in [0.2, 0.25) is 5.91 Å². The summed E-state index contributed by atoms with van der Waals surface area (Å²) in [6, 6.07) is 15.4. The minimum Gasteiger partial charge on any atom is -0.326 e. The highest BCUT2D eigenvalue weighted by Gasteiger charge is 2.40. The lowest BCUT2D eigenvalue weighted by molar-refractivity contribution is -0.117. The third-order valence-electron chi connectivity index (χ3n) is 6.23. The maximum atomic E-state index is 12.9. The summed E-state index contributed by atoms with van der Waals surface area (Å²) in [5.41, 5.74) is 1.11. The molecule has 148 valence electrons. The Bertz CT molecular complexity index is 959. The lowest BCUT2D eigenvalue weighted by atomic mass is 9.86. The Hall–Kier alpha value is -2.34. The summed E-state index contributed by atoms with van der Waals surface area (Å²) >= 11 is 0. The van der Waals surface area contributed by atoms with Crippen molar-refractivity contribution in [2.45, 2.75) is 37.0 Å². The number of amides is 1. The van der Waals surface area contributed by atoms with Crippen LogP contribution in [-0.4, -0.2) is 21.4 Å². The van der Waals surface area contributed by atoms with Crippen LogP contribution in [0.15, 0.2) is 59.5 Å². The van der Waals surface area contributed by atoms with Crippen molar-refractivity contribution in [2.24, 2.45) is 17.8 Å². The van der Waals surface area contributed by atoms with Crippen molar-refractivity contribution in [3.63, 3.8) is 0 Å². The molecule has 28 heavy (non-hydrogen) atoms. The van der Waals surface area contributed by atoms with Crippen molar-refractivity contribution in [2.75, 3.05) is 16.7 Å². The number of anilines is 2. The number of carbonyl (C=O) groups excluding carboxylic acids is 1. The number of nitrogens with one attached hydrogen (secondary N) is 1. The first kappa shape index (κ1) is 19.0. The molecule has 2 aromatic rings. The minimum atomic E-state index is -3.70. The lowest BCUT2D eigenvalue weighted by Crippen LogP contribution is -2.26. The van der Waals surface area contributed by atoms with Gasteiger partial charge in [-0.15, -0.1) is 0 Å². The summed E-state index contributed by atoms with van der Waals surface area (Å²) < 4.78 is 27.2. The molecular weight excluding hydrogens is 372 g/mol. The summed E-state index contributed by atoms with van der Waals surface area (Å²) in [5.74, 6) is 1.96. The zero-order valence-electron chi connectivity index (χ0n) is 16.0. The molecule has 2 fully saturated rings. The Balaban J connectivity index is 1.46. The van der Waals surface area contributed by atoms with Gasteiger partial charge in [-0.2, -0.15) is 0 Å². The highest BCUT2D eigenvalue weighted by molar-refractivity contribution is 7.92. The molecule has 0 radical (unpaired) electrons. The molecule has 2 aliphatic carbocycles. The Morgan fingerprint density at radius 1 is 1.07 bits per heavy atom. The summed E-state index contributed by atoms with van der Waals surface area (Å²) in [6.45, 7) is 0. The molecule has 0 aromatic heterocycles. The second-order valence-corrected chi connectivity index (χ2v) is 9.99. The van der Waals surface area contributed by atoms with Gasteiger partial charge in [0.05, 0.1) is 10.6 Å². The summed E-state index contributed by atoms with van der Waals surface area (Å²) in [7, 11) is -2.16. The quantitative estimate of drug-likeness (QED) is 0.790. The third kappa shape index (κ3) is 3.78. The Morgan fingerprint density at radius 2 is 1.86 bits per heavy atom. The number of fused-ring (bicyclic) bond motifs is 2. The number of hydrogen-bond acceptors (Lipinski definition) is 3. The van der Waals surface area contributed by atoms with Crippen molar-refractivity contribution in [1.29, 1.82) is 0 Å². The van der Waals surface area contributed by atoms with Crippen LogP contribution in [0.5, 0.6) is 0 Å². The largest absolute Gasteiger partial charge is 0.326 e. The second kappa shape index (κ2) is 7.59. The maximum Gasteiger partial charge on any atom is 0.264 e. The molecule has 0 heterocycles. The van der Waals surface area contributed by atoms with Gasteiger partial charge < -0.3 is 5.32 Å². The molecule has 6 heteroatoms. The highest BCUT2D eigenvalue weighted by Crippen LogP contribution is 2.49. The zero-order chi connectivity index (χ0) is 19.7. The fourth-order valence-corrected chi connectivity index (χ4v) is 5.99. The first-order valence-electron chi connectivity index (χ1n) is 9.87.